The molecule has 1 amide bonds. The first-order chi connectivity index (χ1) is 12.7. The smallest absolute Gasteiger partial charge is 0.272 e. The SMILES string of the molecule is CCCCCCOc1ccc(/C=N\NC(=O)c2cccnc2)cc1OC. The lowest BCUT2D eigenvalue weighted by Gasteiger charge is -2.11. The number of hydrazone groups is 1. The minimum absolute atomic E-state index is 0.312. The standard InChI is InChI=1S/C20H25N3O3/c1-3-4-5-6-12-26-18-10-9-16(13-19(18)25-2)14-22-23-20(24)17-8-7-11-21-15-17/h7-11,13-15H,3-6,12H2,1-2H3,(H,23,24)/b22-14-. The lowest BCUT2D eigenvalue weighted by atomic mass is 10.2. The molecule has 2 rings (SSSR count). The van der Waals surface area contributed by atoms with Crippen molar-refractivity contribution in [3.63, 3.8) is 0 Å². The number of hydrogen-bond donors (Lipinski definition) is 1. The van der Waals surface area contributed by atoms with Crippen molar-refractivity contribution >= 4 is 12.1 Å². The van der Waals surface area contributed by atoms with Gasteiger partial charge in [0.25, 0.3) is 5.91 Å². The summed E-state index contributed by atoms with van der Waals surface area (Å²) in [5, 5.41) is 3.97. The van der Waals surface area contributed by atoms with Crippen molar-refractivity contribution in [1.29, 1.82) is 0 Å². The van der Waals surface area contributed by atoms with Gasteiger partial charge in [0.1, 0.15) is 0 Å². The van der Waals surface area contributed by atoms with Crippen LogP contribution in [0.4, 0.5) is 0 Å². The third kappa shape index (κ3) is 6.20. The van der Waals surface area contributed by atoms with Crippen LogP contribution in [-0.4, -0.2) is 30.8 Å². The summed E-state index contributed by atoms with van der Waals surface area (Å²) in [6.45, 7) is 2.86. The Morgan fingerprint density at radius 3 is 2.85 bits per heavy atom. The molecule has 0 atom stereocenters. The average Bonchev–Trinajstić information content (AvgIpc) is 2.69. The number of ether oxygens (including phenoxy) is 2. The molecule has 26 heavy (non-hydrogen) atoms. The largest absolute Gasteiger partial charge is 0.493 e. The quantitative estimate of drug-likeness (QED) is 0.399. The van der Waals surface area contributed by atoms with Crippen molar-refractivity contribution in [2.24, 2.45) is 5.10 Å². The number of hydrogen-bond acceptors (Lipinski definition) is 5. The van der Waals surface area contributed by atoms with Gasteiger partial charge in [-0.15, -0.1) is 0 Å². The molecule has 6 heteroatoms. The maximum Gasteiger partial charge on any atom is 0.272 e. The molecule has 0 bridgehead atoms. The number of nitrogens with one attached hydrogen (secondary N) is 1. The number of aromatic nitrogens is 1. The summed E-state index contributed by atoms with van der Waals surface area (Å²) in [6.07, 6.45) is 9.28. The molecule has 0 spiro atoms. The monoisotopic (exact) mass is 355 g/mol. The Morgan fingerprint density at radius 2 is 2.12 bits per heavy atom. The molecule has 0 unspecified atom stereocenters. The van der Waals surface area contributed by atoms with Gasteiger partial charge in [0, 0.05) is 12.4 Å². The summed E-state index contributed by atoms with van der Waals surface area (Å²) in [6, 6.07) is 8.91. The molecule has 0 fully saturated rings. The molecular weight excluding hydrogens is 330 g/mol. The lowest BCUT2D eigenvalue weighted by Crippen LogP contribution is -2.17. The van der Waals surface area contributed by atoms with Crippen LogP contribution in [0.1, 0.15) is 48.5 Å². The van der Waals surface area contributed by atoms with Gasteiger partial charge >= 0.3 is 0 Å². The Balaban J connectivity index is 1.90. The fourth-order valence-corrected chi connectivity index (χ4v) is 2.32. The molecule has 1 N–H and O–H groups in total. The van der Waals surface area contributed by atoms with E-state index >= 15 is 0 Å². The molecule has 138 valence electrons. The second kappa shape index (κ2) is 10.9. The number of nitrogens with zero attached hydrogens (tertiary/aromatic N) is 2. The first-order valence-electron chi connectivity index (χ1n) is 8.79. The van der Waals surface area contributed by atoms with Gasteiger partial charge in [-0.2, -0.15) is 5.10 Å². The van der Waals surface area contributed by atoms with Crippen LogP contribution in [0.25, 0.3) is 0 Å². The molecular formula is C20H25N3O3. The molecule has 1 aromatic heterocycles. The molecule has 6 nitrogen and oxygen atoms in total. The highest BCUT2D eigenvalue weighted by Crippen LogP contribution is 2.27. The number of benzene rings is 1. The van der Waals surface area contributed by atoms with E-state index < -0.39 is 0 Å². The van der Waals surface area contributed by atoms with Gasteiger partial charge in [0.05, 0.1) is 25.5 Å². The van der Waals surface area contributed by atoms with Crippen LogP contribution in [0.5, 0.6) is 11.5 Å². The Kier molecular flexibility index (Phi) is 8.12. The van der Waals surface area contributed by atoms with Crippen LogP contribution < -0.4 is 14.9 Å². The second-order valence-corrected chi connectivity index (χ2v) is 5.76. The van der Waals surface area contributed by atoms with E-state index in [1.54, 1.807) is 31.7 Å². The minimum Gasteiger partial charge on any atom is -0.493 e. The fourth-order valence-electron chi connectivity index (χ4n) is 2.32. The number of carbonyl (C=O) groups is 1. The number of amides is 1. The highest BCUT2D eigenvalue weighted by Gasteiger charge is 2.06. The normalized spacial score (nSPS) is 10.7. The van der Waals surface area contributed by atoms with Crippen LogP contribution in [0.15, 0.2) is 47.8 Å². The molecule has 1 heterocycles. The van der Waals surface area contributed by atoms with Crippen LogP contribution in [0.3, 0.4) is 0 Å². The van der Waals surface area contributed by atoms with Gasteiger partial charge < -0.3 is 9.47 Å². The van der Waals surface area contributed by atoms with Crippen LogP contribution in [0.2, 0.25) is 0 Å². The topological polar surface area (TPSA) is 72.8 Å². The Bertz CT molecular complexity index is 717. The van der Waals surface area contributed by atoms with E-state index in [1.165, 1.54) is 25.5 Å². The molecule has 0 aliphatic carbocycles. The van der Waals surface area contributed by atoms with E-state index in [2.05, 4.69) is 22.4 Å². The van der Waals surface area contributed by atoms with Crippen LogP contribution in [-0.2, 0) is 0 Å². The number of unbranched alkanes of at least 4 members (excludes halogenated alkanes) is 3. The molecule has 0 radical (unpaired) electrons. The number of methoxy groups -OCH3 is 1. The van der Waals surface area contributed by atoms with Crippen molar-refractivity contribution in [3.05, 3.63) is 53.9 Å². The zero-order valence-corrected chi connectivity index (χ0v) is 15.3. The number of carbonyl (C=O) groups excluding carboxylic acids is 1. The third-order valence-corrected chi connectivity index (χ3v) is 3.75. The maximum absolute atomic E-state index is 11.9. The summed E-state index contributed by atoms with van der Waals surface area (Å²) >= 11 is 0. The van der Waals surface area contributed by atoms with E-state index in [1.807, 2.05) is 18.2 Å². The summed E-state index contributed by atoms with van der Waals surface area (Å²) in [5.74, 6) is 1.04. The number of pyridine rings is 1. The molecule has 0 aliphatic heterocycles. The number of rotatable bonds is 10. The van der Waals surface area contributed by atoms with Crippen molar-refractivity contribution in [2.75, 3.05) is 13.7 Å². The van der Waals surface area contributed by atoms with E-state index in [9.17, 15) is 4.79 Å². The highest BCUT2D eigenvalue weighted by atomic mass is 16.5. The minimum atomic E-state index is -0.312. The van der Waals surface area contributed by atoms with E-state index in [0.29, 0.717) is 23.7 Å². The zero-order chi connectivity index (χ0) is 18.6. The first kappa shape index (κ1) is 19.4. The van der Waals surface area contributed by atoms with E-state index in [4.69, 9.17) is 9.47 Å². The third-order valence-electron chi connectivity index (χ3n) is 3.75. The molecule has 1 aromatic carbocycles. The van der Waals surface area contributed by atoms with Crippen LogP contribution >= 0.6 is 0 Å². The zero-order valence-electron chi connectivity index (χ0n) is 15.3. The van der Waals surface area contributed by atoms with Gasteiger partial charge in [-0.3, -0.25) is 9.78 Å². The van der Waals surface area contributed by atoms with Crippen molar-refractivity contribution in [1.82, 2.24) is 10.4 Å². The average molecular weight is 355 g/mol. The predicted octanol–water partition coefficient (Wildman–Crippen LogP) is 3.81. The summed E-state index contributed by atoms with van der Waals surface area (Å²) in [7, 11) is 1.60. The molecule has 0 aliphatic rings. The van der Waals surface area contributed by atoms with Crippen LogP contribution in [0, 0.1) is 0 Å². The molecule has 0 saturated carbocycles. The fraction of sp³-hybridized carbons (Fsp3) is 0.350. The first-order valence-corrected chi connectivity index (χ1v) is 8.79. The van der Waals surface area contributed by atoms with Crippen molar-refractivity contribution in [3.8, 4) is 11.5 Å². The van der Waals surface area contributed by atoms with Crippen molar-refractivity contribution < 1.29 is 14.3 Å². The summed E-state index contributed by atoms with van der Waals surface area (Å²) in [4.78, 5) is 15.8. The van der Waals surface area contributed by atoms with Gasteiger partial charge in [0.2, 0.25) is 0 Å². The van der Waals surface area contributed by atoms with Crippen molar-refractivity contribution in [2.45, 2.75) is 32.6 Å². The Labute approximate surface area is 154 Å². The lowest BCUT2D eigenvalue weighted by molar-refractivity contribution is 0.0955. The molecule has 0 saturated heterocycles. The van der Waals surface area contributed by atoms with Gasteiger partial charge in [0.15, 0.2) is 11.5 Å². The second-order valence-electron chi connectivity index (χ2n) is 5.76. The van der Waals surface area contributed by atoms with Gasteiger partial charge in [-0.05, 0) is 42.3 Å². The van der Waals surface area contributed by atoms with E-state index in [-0.39, 0.29) is 5.91 Å². The Morgan fingerprint density at radius 1 is 1.23 bits per heavy atom. The Hall–Kier alpha value is -2.89. The van der Waals surface area contributed by atoms with Gasteiger partial charge in [-0.25, -0.2) is 5.43 Å². The molecule has 2 aromatic rings. The van der Waals surface area contributed by atoms with Gasteiger partial charge in [-0.1, -0.05) is 26.2 Å². The maximum atomic E-state index is 11.9. The predicted molar refractivity (Wildman–Crippen MR) is 102 cm³/mol. The van der Waals surface area contributed by atoms with E-state index in [0.717, 1.165) is 12.0 Å². The summed E-state index contributed by atoms with van der Waals surface area (Å²) in [5.41, 5.74) is 3.72. The highest BCUT2D eigenvalue weighted by molar-refractivity contribution is 5.94. The summed E-state index contributed by atoms with van der Waals surface area (Å²) < 4.78 is 11.2.